The number of fused-ring (bicyclic) bond motifs is 3. The average Bonchev–Trinajstić information content (AvgIpc) is 3.40. The summed E-state index contributed by atoms with van der Waals surface area (Å²) in [4.78, 5) is 0.429. The van der Waals surface area contributed by atoms with Gasteiger partial charge in [0.1, 0.15) is 0 Å². The fraction of sp³-hybridized carbons (Fsp3) is 0.714. The van der Waals surface area contributed by atoms with E-state index in [0.29, 0.717) is 29.9 Å². The van der Waals surface area contributed by atoms with Crippen LogP contribution in [0.25, 0.3) is 0 Å². The minimum absolute atomic E-state index is 0. The number of halogens is 1. The molecule has 5 nitrogen and oxygen atoms in total. The van der Waals surface area contributed by atoms with Crippen LogP contribution in [0.3, 0.4) is 0 Å². The molecule has 28 heavy (non-hydrogen) atoms. The molecule has 1 aliphatic carbocycles. The third-order valence-corrected chi connectivity index (χ3v) is 9.01. The molecule has 3 heterocycles. The van der Waals surface area contributed by atoms with E-state index in [-0.39, 0.29) is 18.5 Å². The quantitative estimate of drug-likeness (QED) is 0.780. The van der Waals surface area contributed by atoms with Gasteiger partial charge in [0.15, 0.2) is 0 Å². The highest BCUT2D eigenvalue weighted by atomic mass is 35.5. The van der Waals surface area contributed by atoms with Gasteiger partial charge in [-0.25, -0.2) is 8.42 Å². The van der Waals surface area contributed by atoms with Crippen LogP contribution in [0.1, 0.15) is 63.0 Å². The molecule has 1 saturated carbocycles. The number of piperidine rings is 1. The summed E-state index contributed by atoms with van der Waals surface area (Å²) < 4.78 is 34.0. The van der Waals surface area contributed by atoms with Gasteiger partial charge in [-0.05, 0) is 56.2 Å². The summed E-state index contributed by atoms with van der Waals surface area (Å²) in [5.41, 5.74) is 2.12. The van der Waals surface area contributed by atoms with Gasteiger partial charge in [-0.15, -0.1) is 12.4 Å². The molecule has 0 bridgehead atoms. The summed E-state index contributed by atoms with van der Waals surface area (Å²) in [6.45, 7) is 2.07. The lowest BCUT2D eigenvalue weighted by molar-refractivity contribution is 0.0765. The third-order valence-electron chi connectivity index (χ3n) is 7.11. The van der Waals surface area contributed by atoms with Crippen LogP contribution < -0.4 is 5.32 Å². The van der Waals surface area contributed by atoms with Crippen LogP contribution in [0.5, 0.6) is 0 Å². The number of hydrogen-bond donors (Lipinski definition) is 1. The zero-order chi connectivity index (χ0) is 18.4. The third kappa shape index (κ3) is 3.47. The second kappa shape index (κ2) is 8.13. The van der Waals surface area contributed by atoms with Gasteiger partial charge < -0.3 is 10.1 Å². The Hall–Kier alpha value is -0.820. The Bertz CT molecular complexity index is 804. The van der Waals surface area contributed by atoms with Gasteiger partial charge in [0.05, 0.1) is 11.0 Å². The molecule has 0 radical (unpaired) electrons. The van der Waals surface area contributed by atoms with Crippen LogP contribution in [0, 0.1) is 11.8 Å². The van der Waals surface area contributed by atoms with E-state index in [1.165, 1.54) is 25.7 Å². The van der Waals surface area contributed by atoms with E-state index in [9.17, 15) is 8.42 Å². The Morgan fingerprint density at radius 3 is 2.50 bits per heavy atom. The van der Waals surface area contributed by atoms with Gasteiger partial charge in [0.25, 0.3) is 0 Å². The highest BCUT2D eigenvalue weighted by molar-refractivity contribution is 7.89. The van der Waals surface area contributed by atoms with Crippen molar-refractivity contribution in [2.45, 2.75) is 68.4 Å². The molecule has 3 aliphatic heterocycles. The largest absolute Gasteiger partial charge is 0.381 e. The number of ether oxygens (including phenoxy) is 1. The van der Waals surface area contributed by atoms with Crippen LogP contribution in [0.2, 0.25) is 0 Å². The Morgan fingerprint density at radius 1 is 1.00 bits per heavy atom. The van der Waals surface area contributed by atoms with Crippen LogP contribution in [0.15, 0.2) is 23.1 Å². The second-order valence-corrected chi connectivity index (χ2v) is 10.6. The van der Waals surface area contributed by atoms with Crippen molar-refractivity contribution in [3.63, 3.8) is 0 Å². The van der Waals surface area contributed by atoms with E-state index in [4.69, 9.17) is 4.74 Å². The molecule has 5 rings (SSSR count). The van der Waals surface area contributed by atoms with Crippen LogP contribution in [-0.2, 0) is 14.8 Å². The van der Waals surface area contributed by atoms with Crippen molar-refractivity contribution >= 4 is 28.1 Å². The molecule has 1 aromatic carbocycles. The first-order valence-electron chi connectivity index (χ1n) is 10.7. The number of nitrogens with one attached hydrogen (secondary N) is 1. The molecule has 3 atom stereocenters. The van der Waals surface area contributed by atoms with Gasteiger partial charge in [-0.2, -0.15) is 4.31 Å². The van der Waals surface area contributed by atoms with Crippen molar-refractivity contribution in [2.75, 3.05) is 25.0 Å². The standard InChI is InChI=1S/C21H30N2O3S.ClH/c24-27(25,23-11-4-1-5-12-23)16-8-9-19-18(14-16)21-17(10-13-26-21)20(22-19)15-6-2-3-7-15;/h8-9,14-15,17,20-22H,1-7,10-13H2;1H/t17-,20+,21-;/m0./s1. The summed E-state index contributed by atoms with van der Waals surface area (Å²) >= 11 is 0. The topological polar surface area (TPSA) is 58.6 Å². The smallest absolute Gasteiger partial charge is 0.243 e. The Labute approximate surface area is 174 Å². The van der Waals surface area contributed by atoms with Gasteiger partial charge in [0.2, 0.25) is 10.0 Å². The minimum Gasteiger partial charge on any atom is -0.381 e. The van der Waals surface area contributed by atoms with E-state index in [1.807, 2.05) is 12.1 Å². The number of anilines is 1. The molecule has 0 amide bonds. The summed E-state index contributed by atoms with van der Waals surface area (Å²) in [5, 5.41) is 3.78. The first kappa shape index (κ1) is 20.5. The first-order valence-corrected chi connectivity index (χ1v) is 12.1. The van der Waals surface area contributed by atoms with Crippen molar-refractivity contribution < 1.29 is 13.2 Å². The molecular weight excluding hydrogens is 396 g/mol. The molecular formula is C21H31ClN2O3S. The molecule has 0 unspecified atom stereocenters. The number of sulfonamides is 1. The summed E-state index contributed by atoms with van der Waals surface area (Å²) in [6, 6.07) is 6.13. The first-order chi connectivity index (χ1) is 13.1. The molecule has 4 aliphatic rings. The molecule has 7 heteroatoms. The van der Waals surface area contributed by atoms with E-state index in [2.05, 4.69) is 5.32 Å². The van der Waals surface area contributed by atoms with Crippen molar-refractivity contribution in [3.8, 4) is 0 Å². The van der Waals surface area contributed by atoms with Crippen LogP contribution in [-0.4, -0.2) is 38.5 Å². The number of nitrogens with zero attached hydrogens (tertiary/aromatic N) is 1. The maximum absolute atomic E-state index is 13.1. The Kier molecular flexibility index (Phi) is 5.94. The van der Waals surface area contributed by atoms with Crippen molar-refractivity contribution in [3.05, 3.63) is 23.8 Å². The average molecular weight is 427 g/mol. The Balaban J connectivity index is 0.00000192. The molecule has 1 N–H and O–H groups in total. The van der Waals surface area contributed by atoms with Crippen molar-refractivity contribution in [1.29, 1.82) is 0 Å². The maximum Gasteiger partial charge on any atom is 0.243 e. The van der Waals surface area contributed by atoms with Gasteiger partial charge >= 0.3 is 0 Å². The van der Waals surface area contributed by atoms with E-state index in [0.717, 1.165) is 49.5 Å². The number of hydrogen-bond acceptors (Lipinski definition) is 4. The zero-order valence-corrected chi connectivity index (χ0v) is 17.9. The molecule has 1 aromatic rings. The lowest BCUT2D eigenvalue weighted by Gasteiger charge is -2.39. The van der Waals surface area contributed by atoms with Gasteiger partial charge in [-0.1, -0.05) is 19.3 Å². The van der Waals surface area contributed by atoms with Crippen molar-refractivity contribution in [1.82, 2.24) is 4.31 Å². The van der Waals surface area contributed by atoms with Crippen LogP contribution >= 0.6 is 12.4 Å². The number of rotatable bonds is 3. The highest BCUT2D eigenvalue weighted by Gasteiger charge is 2.44. The summed E-state index contributed by atoms with van der Waals surface area (Å²) in [7, 11) is -3.40. The fourth-order valence-corrected chi connectivity index (χ4v) is 7.24. The van der Waals surface area contributed by atoms with E-state index < -0.39 is 10.0 Å². The molecule has 0 spiro atoms. The SMILES string of the molecule is Cl.O=S(=O)(c1ccc2c(c1)[C@H]1OCC[C@H]1[C@@H](C1CCCC1)N2)N1CCCCC1. The summed E-state index contributed by atoms with van der Waals surface area (Å²) in [6.07, 6.45) is 9.44. The molecule has 156 valence electrons. The highest BCUT2D eigenvalue weighted by Crippen LogP contribution is 2.49. The van der Waals surface area contributed by atoms with Crippen LogP contribution in [0.4, 0.5) is 5.69 Å². The fourth-order valence-electron chi connectivity index (χ4n) is 5.69. The van der Waals surface area contributed by atoms with E-state index in [1.54, 1.807) is 10.4 Å². The second-order valence-electron chi connectivity index (χ2n) is 8.67. The lowest BCUT2D eigenvalue weighted by atomic mass is 9.78. The maximum atomic E-state index is 13.1. The molecule has 3 fully saturated rings. The van der Waals surface area contributed by atoms with Gasteiger partial charge in [-0.3, -0.25) is 0 Å². The predicted octanol–water partition coefficient (Wildman–Crippen LogP) is 4.34. The predicted molar refractivity (Wildman–Crippen MR) is 112 cm³/mol. The lowest BCUT2D eigenvalue weighted by Crippen LogP contribution is -2.41. The van der Waals surface area contributed by atoms with Crippen molar-refractivity contribution in [2.24, 2.45) is 11.8 Å². The van der Waals surface area contributed by atoms with E-state index >= 15 is 0 Å². The monoisotopic (exact) mass is 426 g/mol. The van der Waals surface area contributed by atoms with Gasteiger partial charge in [0, 0.05) is 42.9 Å². The molecule has 2 saturated heterocycles. The number of benzene rings is 1. The zero-order valence-electron chi connectivity index (χ0n) is 16.3. The normalized spacial score (nSPS) is 30.9. The molecule has 0 aromatic heterocycles. The Morgan fingerprint density at radius 2 is 1.75 bits per heavy atom. The minimum atomic E-state index is -3.40. The summed E-state index contributed by atoms with van der Waals surface area (Å²) in [5.74, 6) is 1.19.